The summed E-state index contributed by atoms with van der Waals surface area (Å²) in [5, 5.41) is 16.1. The molecule has 1 aromatic heterocycles. The predicted molar refractivity (Wildman–Crippen MR) is 110 cm³/mol. The first-order valence-corrected chi connectivity index (χ1v) is 9.77. The number of non-ortho nitro benzene ring substituents is 1. The molecule has 1 amide bonds. The van der Waals surface area contributed by atoms with Crippen LogP contribution in [0.25, 0.3) is 0 Å². The number of nitro groups is 1. The lowest BCUT2D eigenvalue weighted by Gasteiger charge is -2.12. The molecule has 0 saturated carbocycles. The lowest BCUT2D eigenvalue weighted by Crippen LogP contribution is -2.21. The summed E-state index contributed by atoms with van der Waals surface area (Å²) in [6, 6.07) is 6.69. The van der Waals surface area contributed by atoms with Crippen LogP contribution < -0.4 is 10.1 Å². The lowest BCUT2D eigenvalue weighted by atomic mass is 10.2. The number of hydrogen-bond acceptors (Lipinski definition) is 5. The van der Waals surface area contributed by atoms with Crippen molar-refractivity contribution in [3.05, 3.63) is 74.6 Å². The summed E-state index contributed by atoms with van der Waals surface area (Å²) in [6.07, 6.45) is -9.50. The van der Waals surface area contributed by atoms with E-state index in [1.54, 1.807) is 0 Å². The quantitative estimate of drug-likeness (QED) is 0.235. The first-order valence-electron chi connectivity index (χ1n) is 9.39. The number of nitro benzene ring substituents is 1. The van der Waals surface area contributed by atoms with E-state index in [9.17, 15) is 41.3 Å². The Bertz CT molecular complexity index is 1290. The number of benzene rings is 2. The molecule has 0 aliphatic heterocycles. The number of rotatable bonds is 6. The van der Waals surface area contributed by atoms with E-state index in [0.29, 0.717) is 10.7 Å². The Kier molecular flexibility index (Phi) is 6.96. The molecular weight excluding hydrogens is 510 g/mol. The van der Waals surface area contributed by atoms with E-state index in [4.69, 9.17) is 16.3 Å². The van der Waals surface area contributed by atoms with Crippen LogP contribution in [0.4, 0.5) is 37.7 Å². The molecule has 0 spiro atoms. The smallest absolute Gasteiger partial charge is 0.436 e. The molecule has 0 radical (unpaired) electrons. The van der Waals surface area contributed by atoms with Crippen molar-refractivity contribution in [3.8, 4) is 11.5 Å². The van der Waals surface area contributed by atoms with E-state index < -0.39 is 51.7 Å². The number of alkyl halides is 6. The van der Waals surface area contributed by atoms with E-state index in [0.717, 1.165) is 30.3 Å². The van der Waals surface area contributed by atoms with Gasteiger partial charge in [0.25, 0.3) is 5.69 Å². The fraction of sp³-hybridized carbons (Fsp3) is 0.200. The second kappa shape index (κ2) is 9.44. The Morgan fingerprint density at radius 2 is 1.80 bits per heavy atom. The Hall–Kier alpha value is -3.81. The minimum absolute atomic E-state index is 0.137. The van der Waals surface area contributed by atoms with Crippen LogP contribution in [0, 0.1) is 17.0 Å². The number of hydrogen-bond donors (Lipinski definition) is 1. The van der Waals surface area contributed by atoms with E-state index in [1.165, 1.54) is 13.0 Å². The summed E-state index contributed by atoms with van der Waals surface area (Å²) in [5.41, 5.74) is -3.29. The summed E-state index contributed by atoms with van der Waals surface area (Å²) in [7, 11) is 0. The van der Waals surface area contributed by atoms with E-state index in [2.05, 4.69) is 10.4 Å². The molecule has 3 rings (SSSR count). The van der Waals surface area contributed by atoms with E-state index in [1.807, 2.05) is 0 Å². The molecule has 8 nitrogen and oxygen atoms in total. The molecule has 35 heavy (non-hydrogen) atoms. The summed E-state index contributed by atoms with van der Waals surface area (Å²) < 4.78 is 83.6. The van der Waals surface area contributed by atoms with Gasteiger partial charge in [-0.05, 0) is 25.1 Å². The zero-order valence-electron chi connectivity index (χ0n) is 17.4. The Morgan fingerprint density at radius 3 is 2.37 bits per heavy atom. The molecular formula is C20H13ClF6N4O4. The monoisotopic (exact) mass is 522 g/mol. The molecule has 0 bridgehead atoms. The topological polar surface area (TPSA) is 99.3 Å². The van der Waals surface area contributed by atoms with Gasteiger partial charge in [-0.2, -0.15) is 31.4 Å². The second-order valence-corrected chi connectivity index (χ2v) is 7.43. The maximum atomic E-state index is 13.0. The van der Waals surface area contributed by atoms with Crippen molar-refractivity contribution in [1.82, 2.24) is 9.78 Å². The van der Waals surface area contributed by atoms with Crippen LogP contribution in [0.15, 0.2) is 42.5 Å². The van der Waals surface area contributed by atoms with Gasteiger partial charge in [0.05, 0.1) is 33.0 Å². The molecule has 186 valence electrons. The first kappa shape index (κ1) is 25.8. The summed E-state index contributed by atoms with van der Waals surface area (Å²) >= 11 is 5.64. The molecule has 0 fully saturated rings. The average molecular weight is 523 g/mol. The molecule has 0 atom stereocenters. The fourth-order valence-electron chi connectivity index (χ4n) is 2.89. The van der Waals surface area contributed by atoms with Crippen LogP contribution in [0.2, 0.25) is 5.02 Å². The lowest BCUT2D eigenvalue weighted by molar-refractivity contribution is -0.384. The molecule has 3 aromatic rings. The van der Waals surface area contributed by atoms with Crippen molar-refractivity contribution in [3.63, 3.8) is 0 Å². The summed E-state index contributed by atoms with van der Waals surface area (Å²) in [6.45, 7) is 0.500. The zero-order valence-corrected chi connectivity index (χ0v) is 18.1. The highest BCUT2D eigenvalue weighted by Crippen LogP contribution is 2.36. The number of carbonyl (C=O) groups is 1. The maximum Gasteiger partial charge on any atom is 0.436 e. The highest BCUT2D eigenvalue weighted by atomic mass is 35.5. The SMILES string of the molecule is Cc1c(Cl)c(C(F)(F)F)nn1CC(=O)Nc1cc(Oc2cccc(C(F)(F)F)c2)cc([N+](=O)[O-])c1. The molecule has 0 saturated heterocycles. The van der Waals surface area contributed by atoms with Crippen LogP contribution in [0.1, 0.15) is 17.0 Å². The number of carbonyl (C=O) groups excluding carboxylic acids is 1. The van der Waals surface area contributed by atoms with Gasteiger partial charge in [-0.15, -0.1) is 0 Å². The van der Waals surface area contributed by atoms with Gasteiger partial charge < -0.3 is 10.1 Å². The largest absolute Gasteiger partial charge is 0.457 e. The minimum Gasteiger partial charge on any atom is -0.457 e. The Morgan fingerprint density at radius 1 is 1.11 bits per heavy atom. The van der Waals surface area contributed by atoms with Crippen LogP contribution >= 0.6 is 11.6 Å². The molecule has 0 aliphatic rings. The normalized spacial score (nSPS) is 11.9. The van der Waals surface area contributed by atoms with Gasteiger partial charge in [-0.25, -0.2) is 0 Å². The number of anilines is 1. The first-order chi connectivity index (χ1) is 16.1. The van der Waals surface area contributed by atoms with Gasteiger partial charge >= 0.3 is 12.4 Å². The summed E-state index contributed by atoms with van der Waals surface area (Å²) in [4.78, 5) is 22.8. The molecule has 0 unspecified atom stereocenters. The number of nitrogens with one attached hydrogen (secondary N) is 1. The van der Waals surface area contributed by atoms with Gasteiger partial charge in [0.15, 0.2) is 5.69 Å². The third kappa shape index (κ3) is 6.20. The van der Waals surface area contributed by atoms with E-state index in [-0.39, 0.29) is 22.9 Å². The van der Waals surface area contributed by atoms with E-state index >= 15 is 0 Å². The van der Waals surface area contributed by atoms with Crippen LogP contribution in [-0.4, -0.2) is 20.6 Å². The molecule has 0 aliphatic carbocycles. The fourth-order valence-corrected chi connectivity index (χ4v) is 3.13. The minimum atomic E-state index is -4.85. The number of ether oxygens (including phenoxy) is 1. The summed E-state index contributed by atoms with van der Waals surface area (Å²) in [5.74, 6) is -1.46. The average Bonchev–Trinajstić information content (AvgIpc) is 3.01. The van der Waals surface area contributed by atoms with Crippen LogP contribution in [0.3, 0.4) is 0 Å². The predicted octanol–water partition coefficient (Wildman–Crippen LogP) is 6.22. The zero-order chi connectivity index (χ0) is 26.1. The van der Waals surface area contributed by atoms with Gasteiger partial charge in [0, 0.05) is 12.1 Å². The molecule has 15 heteroatoms. The van der Waals surface area contributed by atoms with Crippen molar-refractivity contribution >= 4 is 28.9 Å². The molecule has 1 heterocycles. The number of amides is 1. The van der Waals surface area contributed by atoms with Crippen molar-refractivity contribution in [2.75, 3.05) is 5.32 Å². The Labute approximate surface area is 197 Å². The van der Waals surface area contributed by atoms with Crippen molar-refractivity contribution in [1.29, 1.82) is 0 Å². The standard InChI is InChI=1S/C20H13ClF6N4O4/c1-10-17(21)18(20(25,26)27)29-30(10)9-16(32)28-12-6-13(31(33)34)8-15(7-12)35-14-4-2-3-11(5-14)19(22,23)24/h2-8H,9H2,1H3,(H,28,32). The van der Waals surface area contributed by atoms with Crippen molar-refractivity contribution < 1.29 is 40.8 Å². The third-order valence-electron chi connectivity index (χ3n) is 4.48. The van der Waals surface area contributed by atoms with Gasteiger partial charge in [0.2, 0.25) is 5.91 Å². The molecule has 2 aromatic carbocycles. The van der Waals surface area contributed by atoms with Crippen LogP contribution in [-0.2, 0) is 23.7 Å². The third-order valence-corrected chi connectivity index (χ3v) is 4.93. The van der Waals surface area contributed by atoms with Crippen molar-refractivity contribution in [2.24, 2.45) is 0 Å². The molecule has 1 N–H and O–H groups in total. The van der Waals surface area contributed by atoms with Crippen molar-refractivity contribution in [2.45, 2.75) is 25.8 Å². The van der Waals surface area contributed by atoms with Crippen LogP contribution in [0.5, 0.6) is 11.5 Å². The van der Waals surface area contributed by atoms with Gasteiger partial charge in [-0.1, -0.05) is 17.7 Å². The Balaban J connectivity index is 1.84. The second-order valence-electron chi connectivity index (χ2n) is 7.05. The number of halogens is 7. The highest BCUT2D eigenvalue weighted by Gasteiger charge is 2.38. The number of nitrogens with zero attached hydrogens (tertiary/aromatic N) is 3. The number of aromatic nitrogens is 2. The van der Waals surface area contributed by atoms with Gasteiger partial charge in [-0.3, -0.25) is 19.6 Å². The maximum absolute atomic E-state index is 13.0. The highest BCUT2D eigenvalue weighted by molar-refractivity contribution is 6.32. The van der Waals surface area contributed by atoms with Gasteiger partial charge in [0.1, 0.15) is 18.0 Å².